The van der Waals surface area contributed by atoms with E-state index in [4.69, 9.17) is 0 Å². The zero-order valence-corrected chi connectivity index (χ0v) is 13.7. The average molecular weight is 370 g/mol. The first kappa shape index (κ1) is 18.2. The molecule has 2 amide bonds. The number of carbonyl (C=O) groups is 3. The van der Waals surface area contributed by atoms with E-state index in [2.05, 4.69) is 0 Å². The summed E-state index contributed by atoms with van der Waals surface area (Å²) >= 11 is 0. The number of rotatable bonds is 3. The molecule has 0 aromatic heterocycles. The predicted octanol–water partition coefficient (Wildman–Crippen LogP) is 1.44. The van der Waals surface area contributed by atoms with E-state index in [1.165, 1.54) is 4.90 Å². The molecule has 3 rings (SSSR count). The van der Waals surface area contributed by atoms with E-state index in [9.17, 15) is 32.7 Å². The lowest BCUT2D eigenvalue weighted by molar-refractivity contribution is -0.158. The highest BCUT2D eigenvalue weighted by molar-refractivity contribution is 5.91. The number of fused-ring (bicyclic) bond motifs is 1. The molecule has 1 aromatic rings. The van der Waals surface area contributed by atoms with Gasteiger partial charge in [-0.1, -0.05) is 24.3 Å². The van der Waals surface area contributed by atoms with Gasteiger partial charge >= 0.3 is 12.1 Å². The lowest BCUT2D eigenvalue weighted by Gasteiger charge is -2.35. The molecule has 0 radical (unpaired) electrons. The van der Waals surface area contributed by atoms with Crippen LogP contribution in [0.25, 0.3) is 0 Å². The van der Waals surface area contributed by atoms with Crippen molar-refractivity contribution in [1.82, 2.24) is 9.80 Å². The first-order valence-electron chi connectivity index (χ1n) is 8.10. The van der Waals surface area contributed by atoms with Crippen molar-refractivity contribution in [2.24, 2.45) is 5.92 Å². The molecule has 0 saturated carbocycles. The summed E-state index contributed by atoms with van der Waals surface area (Å²) in [4.78, 5) is 38.0. The maximum absolute atomic E-state index is 12.8. The molecule has 2 heterocycles. The van der Waals surface area contributed by atoms with Gasteiger partial charge in [0.2, 0.25) is 11.8 Å². The number of halogens is 3. The van der Waals surface area contributed by atoms with Crippen molar-refractivity contribution in [2.45, 2.75) is 31.6 Å². The molecule has 9 heteroatoms. The van der Waals surface area contributed by atoms with Crippen LogP contribution in [-0.4, -0.2) is 58.0 Å². The van der Waals surface area contributed by atoms with Gasteiger partial charge in [-0.05, 0) is 11.1 Å². The number of alkyl halides is 3. The highest BCUT2D eigenvalue weighted by Gasteiger charge is 2.44. The number of likely N-dealkylation sites (tertiary alicyclic amines) is 1. The molecule has 0 spiro atoms. The Labute approximate surface area is 147 Å². The third kappa shape index (κ3) is 3.66. The number of carboxylic acids is 1. The maximum atomic E-state index is 12.8. The van der Waals surface area contributed by atoms with Crippen molar-refractivity contribution in [3.8, 4) is 0 Å². The minimum atomic E-state index is -4.54. The third-order valence-corrected chi connectivity index (χ3v) is 4.75. The van der Waals surface area contributed by atoms with Gasteiger partial charge in [-0.3, -0.25) is 9.59 Å². The van der Waals surface area contributed by atoms with Crippen LogP contribution in [-0.2, 0) is 27.3 Å². The summed E-state index contributed by atoms with van der Waals surface area (Å²) in [7, 11) is 0. The van der Waals surface area contributed by atoms with E-state index in [0.717, 1.165) is 11.1 Å². The molecular weight excluding hydrogens is 353 g/mol. The van der Waals surface area contributed by atoms with Crippen LogP contribution >= 0.6 is 0 Å². The lowest BCUT2D eigenvalue weighted by atomic mass is 9.92. The highest BCUT2D eigenvalue weighted by Crippen LogP contribution is 2.29. The normalized spacial score (nSPS) is 23.1. The molecule has 0 aliphatic carbocycles. The number of hydrogen-bond acceptors (Lipinski definition) is 3. The predicted molar refractivity (Wildman–Crippen MR) is 82.9 cm³/mol. The quantitative estimate of drug-likeness (QED) is 0.873. The Kier molecular flexibility index (Phi) is 4.64. The summed E-state index contributed by atoms with van der Waals surface area (Å²) in [6.07, 6.45) is -4.75. The minimum Gasteiger partial charge on any atom is -0.480 e. The monoisotopic (exact) mass is 370 g/mol. The van der Waals surface area contributed by atoms with E-state index in [-0.39, 0.29) is 25.9 Å². The van der Waals surface area contributed by atoms with Crippen molar-refractivity contribution in [2.75, 3.05) is 13.1 Å². The van der Waals surface area contributed by atoms with Gasteiger partial charge in [0, 0.05) is 25.9 Å². The molecule has 2 aliphatic heterocycles. The molecule has 140 valence electrons. The lowest BCUT2D eigenvalue weighted by Crippen LogP contribution is -2.51. The molecule has 2 atom stereocenters. The van der Waals surface area contributed by atoms with Crippen LogP contribution < -0.4 is 0 Å². The van der Waals surface area contributed by atoms with Crippen molar-refractivity contribution >= 4 is 17.8 Å². The fraction of sp³-hybridized carbons (Fsp3) is 0.471. The smallest absolute Gasteiger partial charge is 0.406 e. The van der Waals surface area contributed by atoms with Crippen molar-refractivity contribution < 1.29 is 32.7 Å². The second-order valence-electron chi connectivity index (χ2n) is 6.58. The molecule has 0 unspecified atom stereocenters. The SMILES string of the molecule is O=C(O)[C@H]1Cc2ccccc2CN1C(=O)[C@@H]1CC(=O)N(CC(F)(F)F)C1. The van der Waals surface area contributed by atoms with Crippen LogP contribution in [0.15, 0.2) is 24.3 Å². The van der Waals surface area contributed by atoms with Gasteiger partial charge in [-0.15, -0.1) is 0 Å². The highest BCUT2D eigenvalue weighted by atomic mass is 19.4. The van der Waals surface area contributed by atoms with Gasteiger partial charge in [-0.2, -0.15) is 13.2 Å². The zero-order valence-electron chi connectivity index (χ0n) is 13.7. The Morgan fingerprint density at radius 1 is 1.15 bits per heavy atom. The number of aliphatic carboxylic acids is 1. The number of carbonyl (C=O) groups excluding carboxylic acids is 2. The van der Waals surface area contributed by atoms with Crippen LogP contribution in [0.5, 0.6) is 0 Å². The largest absolute Gasteiger partial charge is 0.480 e. The third-order valence-electron chi connectivity index (χ3n) is 4.75. The maximum Gasteiger partial charge on any atom is 0.406 e. The Hall–Kier alpha value is -2.58. The summed E-state index contributed by atoms with van der Waals surface area (Å²) in [6.45, 7) is -1.68. The van der Waals surface area contributed by atoms with Crippen LogP contribution in [0.2, 0.25) is 0 Å². The second kappa shape index (κ2) is 6.62. The van der Waals surface area contributed by atoms with Crippen molar-refractivity contribution in [1.29, 1.82) is 0 Å². The standard InChI is InChI=1S/C17H17F3N2O4/c18-17(19,20)9-21-7-12(6-14(21)23)15(24)22-8-11-4-2-1-3-10(11)5-13(22)16(25)26/h1-4,12-13H,5-9H2,(H,25,26)/t12-,13-/m1/s1. The van der Waals surface area contributed by atoms with Crippen molar-refractivity contribution in [3.63, 3.8) is 0 Å². The van der Waals surface area contributed by atoms with Crippen LogP contribution in [0.3, 0.4) is 0 Å². The molecule has 1 fully saturated rings. The van der Waals surface area contributed by atoms with E-state index >= 15 is 0 Å². The van der Waals surface area contributed by atoms with Crippen LogP contribution in [0, 0.1) is 5.92 Å². The minimum absolute atomic E-state index is 0.0654. The van der Waals surface area contributed by atoms with Gasteiger partial charge in [-0.25, -0.2) is 4.79 Å². The second-order valence-corrected chi connectivity index (χ2v) is 6.58. The number of carboxylic acid groups (broad SMARTS) is 1. The van der Waals surface area contributed by atoms with Gasteiger partial charge in [0.05, 0.1) is 5.92 Å². The Morgan fingerprint density at radius 3 is 2.42 bits per heavy atom. The number of hydrogen-bond donors (Lipinski definition) is 1. The molecule has 1 saturated heterocycles. The number of benzene rings is 1. The summed E-state index contributed by atoms with van der Waals surface area (Å²) in [5.74, 6) is -3.48. The van der Waals surface area contributed by atoms with Crippen molar-refractivity contribution in [3.05, 3.63) is 35.4 Å². The number of amides is 2. The van der Waals surface area contributed by atoms with Gasteiger partial charge < -0.3 is 14.9 Å². The average Bonchev–Trinajstić information content (AvgIpc) is 2.91. The Morgan fingerprint density at radius 2 is 1.81 bits per heavy atom. The molecule has 1 N–H and O–H groups in total. The van der Waals surface area contributed by atoms with Gasteiger partial charge in [0.15, 0.2) is 0 Å². The fourth-order valence-electron chi connectivity index (χ4n) is 3.52. The summed E-state index contributed by atoms with van der Waals surface area (Å²) in [5.41, 5.74) is 1.62. The first-order chi connectivity index (χ1) is 12.2. The first-order valence-corrected chi connectivity index (χ1v) is 8.10. The Bertz CT molecular complexity index is 750. The molecule has 6 nitrogen and oxygen atoms in total. The van der Waals surface area contributed by atoms with Gasteiger partial charge in [0.1, 0.15) is 12.6 Å². The summed E-state index contributed by atoms with van der Waals surface area (Å²) < 4.78 is 37.6. The van der Waals surface area contributed by atoms with Crippen LogP contribution in [0.4, 0.5) is 13.2 Å². The molecule has 0 bridgehead atoms. The van der Waals surface area contributed by atoms with E-state index in [1.54, 1.807) is 24.3 Å². The molecule has 1 aromatic carbocycles. The Balaban J connectivity index is 1.78. The fourth-order valence-corrected chi connectivity index (χ4v) is 3.52. The molecular formula is C17H17F3N2O4. The summed E-state index contributed by atoms with van der Waals surface area (Å²) in [5, 5.41) is 9.46. The van der Waals surface area contributed by atoms with Crippen LogP contribution in [0.1, 0.15) is 17.5 Å². The molecule has 2 aliphatic rings. The van der Waals surface area contributed by atoms with E-state index in [1.807, 2.05) is 0 Å². The number of nitrogens with zero attached hydrogens (tertiary/aromatic N) is 2. The summed E-state index contributed by atoms with van der Waals surface area (Å²) in [6, 6.07) is 6.03. The molecule has 26 heavy (non-hydrogen) atoms. The van der Waals surface area contributed by atoms with Gasteiger partial charge in [0.25, 0.3) is 0 Å². The topological polar surface area (TPSA) is 77.9 Å². The zero-order chi connectivity index (χ0) is 19.1. The van der Waals surface area contributed by atoms with E-state index < -0.39 is 42.5 Å². The van der Waals surface area contributed by atoms with E-state index in [0.29, 0.717) is 4.90 Å².